The Bertz CT molecular complexity index is 806. The largest absolute Gasteiger partial charge is 0.506 e. The van der Waals surface area contributed by atoms with Crippen LogP contribution in [0.25, 0.3) is 16.7 Å². The lowest BCUT2D eigenvalue weighted by Crippen LogP contribution is -2.07. The number of benzene rings is 2. The van der Waals surface area contributed by atoms with E-state index in [0.717, 1.165) is 17.1 Å². The van der Waals surface area contributed by atoms with E-state index in [1.165, 1.54) is 10.9 Å². The van der Waals surface area contributed by atoms with Crippen molar-refractivity contribution in [2.45, 2.75) is 0 Å². The minimum Gasteiger partial charge on any atom is -0.506 e. The van der Waals surface area contributed by atoms with Crippen molar-refractivity contribution in [1.29, 1.82) is 0 Å². The summed E-state index contributed by atoms with van der Waals surface area (Å²) in [6, 6.07) is 12.1. The van der Waals surface area contributed by atoms with Crippen molar-refractivity contribution in [3.8, 4) is 11.4 Å². The molecule has 1 heterocycles. The van der Waals surface area contributed by atoms with Crippen molar-refractivity contribution in [3.05, 3.63) is 55.1 Å². The van der Waals surface area contributed by atoms with E-state index in [-0.39, 0.29) is 11.7 Å². The van der Waals surface area contributed by atoms with Gasteiger partial charge in [0, 0.05) is 11.8 Å². The molecule has 0 fully saturated rings. The van der Waals surface area contributed by atoms with Crippen LogP contribution in [0.4, 0.5) is 5.69 Å². The standard InChI is InChI=1S/C15H12N4O2/c1-2-15(21)16-10-7-8-13(14(20)9-10)19-17-11-5-3-4-6-12(11)18-19/h2-9,20H,1H2,(H,16,21). The Balaban J connectivity index is 1.98. The van der Waals surface area contributed by atoms with Crippen LogP contribution in [0.2, 0.25) is 0 Å². The van der Waals surface area contributed by atoms with Crippen LogP contribution in [0.15, 0.2) is 55.1 Å². The van der Waals surface area contributed by atoms with E-state index in [1.54, 1.807) is 12.1 Å². The first kappa shape index (κ1) is 12.9. The average Bonchev–Trinajstić information content (AvgIpc) is 2.90. The SMILES string of the molecule is C=CC(=O)Nc1ccc(-n2nc3ccccc3n2)c(O)c1. The van der Waals surface area contributed by atoms with E-state index in [0.29, 0.717) is 11.4 Å². The average molecular weight is 280 g/mol. The quantitative estimate of drug-likeness (QED) is 0.721. The summed E-state index contributed by atoms with van der Waals surface area (Å²) in [4.78, 5) is 12.6. The zero-order valence-electron chi connectivity index (χ0n) is 11.0. The molecule has 0 bridgehead atoms. The molecule has 0 saturated carbocycles. The van der Waals surface area contributed by atoms with Crippen LogP contribution in [0.5, 0.6) is 5.75 Å². The molecular weight excluding hydrogens is 268 g/mol. The van der Waals surface area contributed by atoms with Crippen molar-refractivity contribution in [1.82, 2.24) is 15.0 Å². The molecule has 1 amide bonds. The van der Waals surface area contributed by atoms with Gasteiger partial charge in [-0.3, -0.25) is 4.79 Å². The molecule has 0 saturated heterocycles. The van der Waals surface area contributed by atoms with E-state index < -0.39 is 0 Å². The number of nitrogens with zero attached hydrogens (tertiary/aromatic N) is 3. The Hall–Kier alpha value is -3.15. The molecule has 3 aromatic rings. The predicted molar refractivity (Wildman–Crippen MR) is 79.4 cm³/mol. The van der Waals surface area contributed by atoms with Gasteiger partial charge in [-0.15, -0.1) is 15.0 Å². The molecule has 0 unspecified atom stereocenters. The van der Waals surface area contributed by atoms with Gasteiger partial charge in [-0.1, -0.05) is 18.7 Å². The van der Waals surface area contributed by atoms with E-state index in [2.05, 4.69) is 22.1 Å². The number of phenols is 1. The van der Waals surface area contributed by atoms with Gasteiger partial charge in [0.1, 0.15) is 22.5 Å². The molecule has 6 heteroatoms. The van der Waals surface area contributed by atoms with Gasteiger partial charge in [0.15, 0.2) is 0 Å². The topological polar surface area (TPSA) is 80.0 Å². The Morgan fingerprint density at radius 1 is 1.19 bits per heavy atom. The van der Waals surface area contributed by atoms with Gasteiger partial charge in [-0.05, 0) is 30.3 Å². The summed E-state index contributed by atoms with van der Waals surface area (Å²) in [7, 11) is 0. The lowest BCUT2D eigenvalue weighted by molar-refractivity contribution is -0.111. The summed E-state index contributed by atoms with van der Waals surface area (Å²) in [5.41, 5.74) is 2.38. The van der Waals surface area contributed by atoms with Crippen LogP contribution in [-0.2, 0) is 4.79 Å². The Morgan fingerprint density at radius 3 is 2.43 bits per heavy atom. The van der Waals surface area contributed by atoms with E-state index in [1.807, 2.05) is 24.3 Å². The fourth-order valence-corrected chi connectivity index (χ4v) is 1.93. The second-order valence-corrected chi connectivity index (χ2v) is 4.38. The molecule has 2 aromatic carbocycles. The molecule has 0 atom stereocenters. The summed E-state index contributed by atoms with van der Waals surface area (Å²) in [6.45, 7) is 3.37. The highest BCUT2D eigenvalue weighted by molar-refractivity contribution is 5.99. The number of aromatic hydroxyl groups is 1. The molecule has 1 aromatic heterocycles. The maximum atomic E-state index is 11.2. The number of anilines is 1. The fourth-order valence-electron chi connectivity index (χ4n) is 1.93. The highest BCUT2D eigenvalue weighted by Gasteiger charge is 2.09. The number of nitrogens with one attached hydrogen (secondary N) is 1. The monoisotopic (exact) mass is 280 g/mol. The number of amides is 1. The fraction of sp³-hybridized carbons (Fsp3) is 0. The molecule has 2 N–H and O–H groups in total. The normalized spacial score (nSPS) is 10.5. The van der Waals surface area contributed by atoms with Gasteiger partial charge < -0.3 is 10.4 Å². The second-order valence-electron chi connectivity index (χ2n) is 4.38. The number of rotatable bonds is 3. The third-order valence-electron chi connectivity index (χ3n) is 2.93. The molecule has 6 nitrogen and oxygen atoms in total. The zero-order chi connectivity index (χ0) is 14.8. The molecule has 0 aliphatic heterocycles. The first-order valence-electron chi connectivity index (χ1n) is 6.26. The van der Waals surface area contributed by atoms with Crippen molar-refractivity contribution >= 4 is 22.6 Å². The number of phenolic OH excluding ortho intramolecular Hbond substituents is 1. The second kappa shape index (κ2) is 5.09. The van der Waals surface area contributed by atoms with Crippen LogP contribution in [-0.4, -0.2) is 26.0 Å². The van der Waals surface area contributed by atoms with Gasteiger partial charge in [0.25, 0.3) is 0 Å². The number of hydrogen-bond acceptors (Lipinski definition) is 4. The van der Waals surface area contributed by atoms with E-state index in [4.69, 9.17) is 0 Å². The first-order chi connectivity index (χ1) is 10.2. The molecule has 0 radical (unpaired) electrons. The Kier molecular flexibility index (Phi) is 3.12. The highest BCUT2D eigenvalue weighted by Crippen LogP contribution is 2.25. The van der Waals surface area contributed by atoms with Crippen molar-refractivity contribution < 1.29 is 9.90 Å². The number of hydrogen-bond donors (Lipinski definition) is 2. The zero-order valence-corrected chi connectivity index (χ0v) is 11.0. The Morgan fingerprint density at radius 2 is 1.86 bits per heavy atom. The lowest BCUT2D eigenvalue weighted by atomic mass is 10.2. The summed E-state index contributed by atoms with van der Waals surface area (Å²) < 4.78 is 0. The van der Waals surface area contributed by atoms with Crippen LogP contribution < -0.4 is 5.32 Å². The Labute approximate surface area is 120 Å². The molecule has 21 heavy (non-hydrogen) atoms. The summed E-state index contributed by atoms with van der Waals surface area (Å²) >= 11 is 0. The maximum Gasteiger partial charge on any atom is 0.247 e. The van der Waals surface area contributed by atoms with E-state index in [9.17, 15) is 9.90 Å². The molecule has 0 aliphatic carbocycles. The maximum absolute atomic E-state index is 11.2. The summed E-state index contributed by atoms with van der Waals surface area (Å²) in [5, 5.41) is 21.2. The first-order valence-corrected chi connectivity index (χ1v) is 6.26. The highest BCUT2D eigenvalue weighted by atomic mass is 16.3. The van der Waals surface area contributed by atoms with Gasteiger partial charge in [0.05, 0.1) is 0 Å². The number of fused-ring (bicyclic) bond motifs is 1. The number of carbonyl (C=O) groups is 1. The van der Waals surface area contributed by atoms with Gasteiger partial charge in [-0.2, -0.15) is 0 Å². The van der Waals surface area contributed by atoms with Gasteiger partial charge in [-0.25, -0.2) is 0 Å². The van der Waals surface area contributed by atoms with Crippen LogP contribution in [0, 0.1) is 0 Å². The van der Waals surface area contributed by atoms with Crippen molar-refractivity contribution in [3.63, 3.8) is 0 Å². The van der Waals surface area contributed by atoms with Crippen LogP contribution >= 0.6 is 0 Å². The van der Waals surface area contributed by atoms with Crippen LogP contribution in [0.3, 0.4) is 0 Å². The molecular formula is C15H12N4O2. The third kappa shape index (κ3) is 2.46. The predicted octanol–water partition coefficient (Wildman–Crippen LogP) is 2.25. The number of aromatic nitrogens is 3. The van der Waals surface area contributed by atoms with Crippen molar-refractivity contribution in [2.24, 2.45) is 0 Å². The lowest BCUT2D eigenvalue weighted by Gasteiger charge is -2.06. The molecule has 0 spiro atoms. The number of carbonyl (C=O) groups excluding carboxylic acids is 1. The van der Waals surface area contributed by atoms with Gasteiger partial charge in [0.2, 0.25) is 5.91 Å². The minimum absolute atomic E-state index is 0.0304. The van der Waals surface area contributed by atoms with Gasteiger partial charge >= 0.3 is 0 Å². The summed E-state index contributed by atoms with van der Waals surface area (Å²) in [5.74, 6) is -0.373. The molecule has 0 aliphatic rings. The smallest absolute Gasteiger partial charge is 0.247 e. The van der Waals surface area contributed by atoms with Crippen LogP contribution in [0.1, 0.15) is 0 Å². The molecule has 3 rings (SSSR count). The van der Waals surface area contributed by atoms with Crippen molar-refractivity contribution in [2.75, 3.05) is 5.32 Å². The minimum atomic E-state index is -0.342. The van der Waals surface area contributed by atoms with E-state index >= 15 is 0 Å². The third-order valence-corrected chi connectivity index (χ3v) is 2.93. The molecule has 104 valence electrons. The summed E-state index contributed by atoms with van der Waals surface area (Å²) in [6.07, 6.45) is 1.16.